The number of alkyl halides is 2. The molecule has 37 heavy (non-hydrogen) atoms. The van der Waals surface area contributed by atoms with Crippen molar-refractivity contribution in [2.75, 3.05) is 37.5 Å². The molecule has 2 heterocycles. The van der Waals surface area contributed by atoms with Crippen LogP contribution in [0.5, 0.6) is 17.2 Å². The normalized spacial score (nSPS) is 11.9. The predicted octanol–water partition coefficient (Wildman–Crippen LogP) is 3.88. The molecule has 1 atom stereocenters. The lowest BCUT2D eigenvalue weighted by atomic mass is 10.2. The summed E-state index contributed by atoms with van der Waals surface area (Å²) < 4.78 is 58.6. The van der Waals surface area contributed by atoms with Crippen LogP contribution in [0.15, 0.2) is 53.7 Å². The number of fused-ring (bicyclic) bond motifs is 1. The van der Waals surface area contributed by atoms with E-state index in [1.807, 2.05) is 0 Å². The molecule has 0 aliphatic carbocycles. The van der Waals surface area contributed by atoms with Crippen LogP contribution in [-0.2, 0) is 11.0 Å². The number of benzene rings is 2. The number of aliphatic hydroxyl groups is 1. The molecular weight excluding hydrogens is 510 g/mol. The van der Waals surface area contributed by atoms with E-state index in [0.29, 0.717) is 45.1 Å². The number of hydrogen-bond donors (Lipinski definition) is 3. The number of nitrogens with zero attached hydrogens (tertiary/aromatic N) is 4. The zero-order valence-corrected chi connectivity index (χ0v) is 20.7. The molecule has 1 unspecified atom stereocenters. The Morgan fingerprint density at radius 2 is 1.84 bits per heavy atom. The number of halogens is 2. The molecule has 196 valence electrons. The van der Waals surface area contributed by atoms with Crippen molar-refractivity contribution in [1.82, 2.24) is 19.7 Å². The first kappa shape index (κ1) is 26.0. The summed E-state index contributed by atoms with van der Waals surface area (Å²) in [6.45, 7) is -2.71. The van der Waals surface area contributed by atoms with Gasteiger partial charge in [0.25, 0.3) is 0 Å². The van der Waals surface area contributed by atoms with Gasteiger partial charge in [-0.3, -0.25) is 4.72 Å². The lowest BCUT2D eigenvalue weighted by Crippen LogP contribution is -2.11. The Hall–Kier alpha value is -4.04. The maximum Gasteiger partial charge on any atom is 0.333 e. The Labute approximate surface area is 213 Å². The molecule has 3 N–H and O–H groups in total. The Kier molecular flexibility index (Phi) is 8.30. The van der Waals surface area contributed by atoms with Gasteiger partial charge in [-0.05, 0) is 12.1 Å². The molecule has 4 rings (SSSR count). The molecule has 0 aliphatic heterocycles. The second-order valence-electron chi connectivity index (χ2n) is 7.47. The van der Waals surface area contributed by atoms with Gasteiger partial charge in [-0.25, -0.2) is 18.9 Å². The SMILES string of the molecule is COc1cc(Nc2nc3ccccc3nc2NS(=O)c2cnn(C(F)F)c2)c(OCCCO)c(OC)c1. The van der Waals surface area contributed by atoms with Gasteiger partial charge < -0.3 is 24.6 Å². The van der Waals surface area contributed by atoms with E-state index < -0.39 is 17.5 Å². The van der Waals surface area contributed by atoms with Crippen LogP contribution in [0.1, 0.15) is 13.0 Å². The Morgan fingerprint density at radius 3 is 2.46 bits per heavy atom. The van der Waals surface area contributed by atoms with Crippen LogP contribution in [0.3, 0.4) is 0 Å². The number of aliphatic hydroxyl groups excluding tert-OH is 1. The van der Waals surface area contributed by atoms with Gasteiger partial charge in [-0.2, -0.15) is 13.9 Å². The maximum absolute atomic E-state index is 13.0. The molecule has 11 nitrogen and oxygen atoms in total. The smallest absolute Gasteiger partial charge is 0.333 e. The van der Waals surface area contributed by atoms with E-state index >= 15 is 0 Å². The first-order valence-electron chi connectivity index (χ1n) is 11.0. The molecule has 0 bridgehead atoms. The molecule has 0 radical (unpaired) electrons. The molecule has 4 aromatic rings. The summed E-state index contributed by atoms with van der Waals surface area (Å²) in [5.41, 5.74) is 1.46. The summed E-state index contributed by atoms with van der Waals surface area (Å²) in [5, 5.41) is 15.8. The molecule has 0 saturated heterocycles. The van der Waals surface area contributed by atoms with Gasteiger partial charge in [-0.1, -0.05) is 12.1 Å². The first-order valence-corrected chi connectivity index (χ1v) is 12.1. The highest BCUT2D eigenvalue weighted by atomic mass is 32.2. The van der Waals surface area contributed by atoms with Gasteiger partial charge in [0.15, 0.2) is 34.1 Å². The van der Waals surface area contributed by atoms with E-state index in [1.165, 1.54) is 14.2 Å². The summed E-state index contributed by atoms with van der Waals surface area (Å²) in [4.78, 5) is 9.16. The van der Waals surface area contributed by atoms with Crippen molar-refractivity contribution in [3.05, 3.63) is 48.8 Å². The van der Waals surface area contributed by atoms with Gasteiger partial charge in [0.05, 0.1) is 48.6 Å². The van der Waals surface area contributed by atoms with Crippen molar-refractivity contribution in [1.29, 1.82) is 0 Å². The molecule has 14 heteroatoms. The molecule has 0 fully saturated rings. The Bertz CT molecular complexity index is 1400. The second-order valence-corrected chi connectivity index (χ2v) is 8.68. The third kappa shape index (κ3) is 6.03. The molecule has 0 saturated carbocycles. The van der Waals surface area contributed by atoms with Crippen LogP contribution in [0, 0.1) is 0 Å². The first-order chi connectivity index (χ1) is 17.9. The monoisotopic (exact) mass is 534 g/mol. The highest BCUT2D eigenvalue weighted by Crippen LogP contribution is 2.41. The fourth-order valence-electron chi connectivity index (χ4n) is 3.28. The van der Waals surface area contributed by atoms with Gasteiger partial charge in [0.2, 0.25) is 0 Å². The minimum absolute atomic E-state index is 0.0253. The number of hydrogen-bond acceptors (Lipinski definition) is 9. The van der Waals surface area contributed by atoms with Gasteiger partial charge in [-0.15, -0.1) is 0 Å². The van der Waals surface area contributed by atoms with Crippen LogP contribution >= 0.6 is 0 Å². The second kappa shape index (κ2) is 11.8. The van der Waals surface area contributed by atoms with E-state index in [1.54, 1.807) is 36.4 Å². The molecule has 0 aliphatic rings. The number of nitrogens with one attached hydrogen (secondary N) is 2. The summed E-state index contributed by atoms with van der Waals surface area (Å²) in [5.74, 6) is 1.42. The fraction of sp³-hybridized carbons (Fsp3) is 0.261. The largest absolute Gasteiger partial charge is 0.497 e. The standard InChI is InChI=1S/C23H24F2N6O5S/c1-34-14-10-18(20(19(11-14)35-2)36-9-5-8-32)29-21-22(28-17-7-4-3-6-16(17)27-21)30-37(33)15-12-26-31(13-15)23(24)25/h3-4,6-7,10-13,23,32H,5,8-9H2,1-2H3,(H,27,29)(H,28,30). The minimum Gasteiger partial charge on any atom is -0.497 e. The third-order valence-corrected chi connectivity index (χ3v) is 6.06. The topological polar surface area (TPSA) is 133 Å². The average molecular weight is 535 g/mol. The number of rotatable bonds is 12. The van der Waals surface area contributed by atoms with Gasteiger partial charge in [0.1, 0.15) is 5.75 Å². The predicted molar refractivity (Wildman–Crippen MR) is 133 cm³/mol. The number of anilines is 3. The molecule has 2 aromatic carbocycles. The molecule has 0 amide bonds. The Morgan fingerprint density at radius 1 is 1.11 bits per heavy atom. The number of methoxy groups -OCH3 is 2. The molecule has 2 aromatic heterocycles. The van der Waals surface area contributed by atoms with E-state index in [2.05, 4.69) is 25.1 Å². The highest BCUT2D eigenvalue weighted by Gasteiger charge is 2.20. The fourth-order valence-corrected chi connectivity index (χ4v) is 4.07. The number of ether oxygens (including phenoxy) is 3. The summed E-state index contributed by atoms with van der Waals surface area (Å²) in [7, 11) is 0.989. The van der Waals surface area contributed by atoms with Crippen LogP contribution < -0.4 is 24.2 Å². The van der Waals surface area contributed by atoms with Crippen LogP contribution in [0.2, 0.25) is 0 Å². The summed E-state index contributed by atoms with van der Waals surface area (Å²) in [6.07, 6.45) is 2.45. The van der Waals surface area contributed by atoms with Crippen molar-refractivity contribution in [3.63, 3.8) is 0 Å². The lowest BCUT2D eigenvalue weighted by molar-refractivity contribution is 0.0564. The van der Waals surface area contributed by atoms with Crippen LogP contribution in [0.4, 0.5) is 26.1 Å². The highest BCUT2D eigenvalue weighted by molar-refractivity contribution is 7.86. The summed E-state index contributed by atoms with van der Waals surface area (Å²) in [6, 6.07) is 10.3. The van der Waals surface area contributed by atoms with Crippen molar-refractivity contribution in [3.8, 4) is 17.2 Å². The number of para-hydroxylation sites is 2. The summed E-state index contributed by atoms with van der Waals surface area (Å²) >= 11 is 0. The van der Waals surface area contributed by atoms with E-state index in [-0.39, 0.29) is 29.7 Å². The van der Waals surface area contributed by atoms with Crippen molar-refractivity contribution in [2.24, 2.45) is 0 Å². The third-order valence-electron chi connectivity index (χ3n) is 5.04. The molecule has 0 spiro atoms. The maximum atomic E-state index is 13.0. The average Bonchev–Trinajstić information content (AvgIpc) is 3.40. The number of aromatic nitrogens is 4. The van der Waals surface area contributed by atoms with E-state index in [0.717, 1.165) is 12.4 Å². The zero-order valence-electron chi connectivity index (χ0n) is 19.9. The van der Waals surface area contributed by atoms with Gasteiger partial charge in [0, 0.05) is 31.4 Å². The van der Waals surface area contributed by atoms with Crippen molar-refractivity contribution >= 4 is 39.3 Å². The van der Waals surface area contributed by atoms with Crippen LogP contribution in [-0.4, -0.2) is 56.5 Å². The molecular formula is C23H24F2N6O5S. The van der Waals surface area contributed by atoms with Gasteiger partial charge >= 0.3 is 6.55 Å². The van der Waals surface area contributed by atoms with Crippen LogP contribution in [0.25, 0.3) is 11.0 Å². The zero-order chi connectivity index (χ0) is 26.4. The Balaban J connectivity index is 1.75. The minimum atomic E-state index is -2.87. The van der Waals surface area contributed by atoms with Crippen molar-refractivity contribution < 1.29 is 32.3 Å². The van der Waals surface area contributed by atoms with Crippen molar-refractivity contribution in [2.45, 2.75) is 17.9 Å². The quantitative estimate of drug-likeness (QED) is 0.232. The van der Waals surface area contributed by atoms with E-state index in [4.69, 9.17) is 19.3 Å². The lowest BCUT2D eigenvalue weighted by Gasteiger charge is -2.19. The van der Waals surface area contributed by atoms with E-state index in [9.17, 15) is 13.0 Å².